The second kappa shape index (κ2) is 14.3. The maximum atomic E-state index is 14.0. The normalized spacial score (nSPS) is 15.5. The van der Waals surface area contributed by atoms with E-state index in [1.165, 1.54) is 19.1 Å². The van der Waals surface area contributed by atoms with Gasteiger partial charge in [-0.15, -0.1) is 0 Å². The number of nitrogens with one attached hydrogen (secondary N) is 2. The lowest BCUT2D eigenvalue weighted by Gasteiger charge is -2.38. The number of amides is 4. The Balaban J connectivity index is 1.18. The molecule has 4 amide bonds. The summed E-state index contributed by atoms with van der Waals surface area (Å²) in [6, 6.07) is 19.8. The highest BCUT2D eigenvalue weighted by molar-refractivity contribution is 6.30. The van der Waals surface area contributed by atoms with Crippen LogP contribution in [0.1, 0.15) is 41.4 Å². The lowest BCUT2D eigenvalue weighted by molar-refractivity contribution is -0.133. The number of likely N-dealkylation sites (tertiary alicyclic amines) is 1. The molecule has 2 aliphatic rings. The van der Waals surface area contributed by atoms with Gasteiger partial charge in [0.05, 0.1) is 5.39 Å². The Morgan fingerprint density at radius 1 is 0.917 bits per heavy atom. The van der Waals surface area contributed by atoms with Crippen LogP contribution >= 0.6 is 11.6 Å². The number of hydrogen-bond donors (Lipinski definition) is 2. The van der Waals surface area contributed by atoms with Gasteiger partial charge in [-0.05, 0) is 53.9 Å². The van der Waals surface area contributed by atoms with Crippen LogP contribution in [0.4, 0.5) is 11.4 Å². The van der Waals surface area contributed by atoms with E-state index in [2.05, 4.69) is 21.6 Å². The fourth-order valence-corrected chi connectivity index (χ4v) is 6.38. The second-order valence-corrected chi connectivity index (χ2v) is 12.5. The maximum absolute atomic E-state index is 14.0. The van der Waals surface area contributed by atoms with Crippen LogP contribution in [0.3, 0.4) is 0 Å². The molecule has 1 atom stereocenters. The van der Waals surface area contributed by atoms with Crippen LogP contribution in [0.25, 0.3) is 11.0 Å². The van der Waals surface area contributed by atoms with Crippen molar-refractivity contribution in [1.29, 1.82) is 0 Å². The Labute approximate surface area is 282 Å². The molecule has 11 nitrogen and oxygen atoms in total. The second-order valence-electron chi connectivity index (χ2n) is 12.1. The molecular weight excluding hydrogens is 634 g/mol. The van der Waals surface area contributed by atoms with E-state index in [9.17, 15) is 24.0 Å². The number of halogens is 1. The third kappa shape index (κ3) is 7.52. The molecule has 12 heteroatoms. The maximum Gasteiger partial charge on any atom is 0.287 e. The van der Waals surface area contributed by atoms with Crippen LogP contribution in [-0.4, -0.2) is 72.2 Å². The van der Waals surface area contributed by atoms with Crippen LogP contribution in [-0.2, 0) is 27.3 Å². The number of carbonyl (C=O) groups is 4. The molecule has 248 valence electrons. The molecule has 2 saturated heterocycles. The summed E-state index contributed by atoms with van der Waals surface area (Å²) in [7, 11) is 0. The van der Waals surface area contributed by atoms with Crippen LogP contribution < -0.4 is 21.0 Å². The van der Waals surface area contributed by atoms with E-state index in [0.29, 0.717) is 49.9 Å². The molecule has 4 aromatic rings. The molecule has 3 aromatic carbocycles. The summed E-state index contributed by atoms with van der Waals surface area (Å²) in [6.45, 7) is 4.72. The van der Waals surface area contributed by atoms with Gasteiger partial charge in [0.1, 0.15) is 11.6 Å². The van der Waals surface area contributed by atoms with E-state index in [4.69, 9.17) is 16.0 Å². The third-order valence-corrected chi connectivity index (χ3v) is 8.94. The fraction of sp³-hybridized carbons (Fsp3) is 0.306. The highest BCUT2D eigenvalue weighted by Gasteiger charge is 2.31. The minimum Gasteiger partial charge on any atom is -0.451 e. The average molecular weight is 670 g/mol. The molecule has 2 fully saturated rings. The monoisotopic (exact) mass is 669 g/mol. The summed E-state index contributed by atoms with van der Waals surface area (Å²) < 4.78 is 5.79. The standard InChI is InChI=1S/C36H36ClN5O6/c1-23(43)38-27-12-13-32-28(20-27)31(44)21-33(48-32)35(46)39-29(19-24-8-10-26(37)11-9-24)36(47)41-17-15-40(16-18-41)30-6-3-2-5-25(30)22-42-14-4-7-34(42)45/h2-3,5-6,8-13,20-21,29H,4,7,14-19,22H2,1H3,(H,38,43)(H,39,46)/t29-/m1/s1. The number of piperazine rings is 1. The Hall–Kier alpha value is -5.16. The van der Waals surface area contributed by atoms with E-state index >= 15 is 0 Å². The lowest BCUT2D eigenvalue weighted by Crippen LogP contribution is -2.55. The first-order valence-electron chi connectivity index (χ1n) is 15.9. The summed E-state index contributed by atoms with van der Waals surface area (Å²) >= 11 is 6.09. The zero-order chi connectivity index (χ0) is 33.8. The minimum atomic E-state index is -0.943. The van der Waals surface area contributed by atoms with Gasteiger partial charge < -0.3 is 29.8 Å². The Morgan fingerprint density at radius 3 is 2.38 bits per heavy atom. The van der Waals surface area contributed by atoms with Crippen molar-refractivity contribution in [2.24, 2.45) is 0 Å². The van der Waals surface area contributed by atoms with Crippen molar-refractivity contribution in [3.8, 4) is 0 Å². The van der Waals surface area contributed by atoms with Crippen molar-refractivity contribution >= 4 is 57.6 Å². The van der Waals surface area contributed by atoms with Gasteiger partial charge in [0.15, 0.2) is 11.2 Å². The van der Waals surface area contributed by atoms with Gasteiger partial charge in [0.25, 0.3) is 5.91 Å². The molecule has 0 unspecified atom stereocenters. The van der Waals surface area contributed by atoms with Gasteiger partial charge in [-0.2, -0.15) is 0 Å². The van der Waals surface area contributed by atoms with Crippen molar-refractivity contribution in [2.75, 3.05) is 42.9 Å². The number of benzene rings is 3. The van der Waals surface area contributed by atoms with E-state index in [0.717, 1.165) is 35.8 Å². The first-order chi connectivity index (χ1) is 23.1. The van der Waals surface area contributed by atoms with E-state index in [1.54, 1.807) is 35.2 Å². The summed E-state index contributed by atoms with van der Waals surface area (Å²) in [5.74, 6) is -1.29. The van der Waals surface area contributed by atoms with Crippen molar-refractivity contribution in [3.63, 3.8) is 0 Å². The molecule has 3 heterocycles. The van der Waals surface area contributed by atoms with Gasteiger partial charge >= 0.3 is 0 Å². The van der Waals surface area contributed by atoms with Crippen molar-refractivity contribution in [1.82, 2.24) is 15.1 Å². The zero-order valence-electron chi connectivity index (χ0n) is 26.5. The number of nitrogens with zero attached hydrogens (tertiary/aromatic N) is 3. The first kappa shape index (κ1) is 32.8. The quantitative estimate of drug-likeness (QED) is 0.273. The molecule has 1 aromatic heterocycles. The van der Waals surface area contributed by atoms with Crippen LogP contribution in [0, 0.1) is 0 Å². The molecule has 6 rings (SSSR count). The highest BCUT2D eigenvalue weighted by Crippen LogP contribution is 2.26. The number of anilines is 2. The van der Waals surface area contributed by atoms with Gasteiger partial charge in [-0.1, -0.05) is 41.9 Å². The van der Waals surface area contributed by atoms with E-state index in [-0.39, 0.29) is 40.9 Å². The number of para-hydroxylation sites is 1. The first-order valence-corrected chi connectivity index (χ1v) is 16.3. The van der Waals surface area contributed by atoms with Crippen molar-refractivity contribution in [3.05, 3.63) is 105 Å². The summed E-state index contributed by atoms with van der Waals surface area (Å²) in [5.41, 5.74) is 3.06. The highest BCUT2D eigenvalue weighted by atomic mass is 35.5. The fourth-order valence-electron chi connectivity index (χ4n) is 6.25. The van der Waals surface area contributed by atoms with Gasteiger partial charge in [-0.25, -0.2) is 0 Å². The van der Waals surface area contributed by atoms with Crippen molar-refractivity contribution < 1.29 is 23.6 Å². The SMILES string of the molecule is CC(=O)Nc1ccc2oc(C(=O)N[C@H](Cc3ccc(Cl)cc3)C(=O)N3CCN(c4ccccc4CN4CCCC4=O)CC3)cc(=O)c2c1. The molecule has 2 aliphatic heterocycles. The van der Waals surface area contributed by atoms with Crippen LogP contribution in [0.15, 0.2) is 82.0 Å². The summed E-state index contributed by atoms with van der Waals surface area (Å²) in [5, 5.41) is 6.20. The number of rotatable bonds is 9. The zero-order valence-corrected chi connectivity index (χ0v) is 27.3. The van der Waals surface area contributed by atoms with Gasteiger partial charge in [0.2, 0.25) is 17.7 Å². The van der Waals surface area contributed by atoms with Crippen LogP contribution in [0.2, 0.25) is 5.02 Å². The van der Waals surface area contributed by atoms with Gasteiger partial charge in [-0.3, -0.25) is 24.0 Å². The third-order valence-electron chi connectivity index (χ3n) is 8.68. The number of fused-ring (bicyclic) bond motifs is 1. The number of hydrogen-bond acceptors (Lipinski definition) is 7. The molecule has 0 aliphatic carbocycles. The Bertz CT molecular complexity index is 1920. The summed E-state index contributed by atoms with van der Waals surface area (Å²) in [4.78, 5) is 70.1. The largest absolute Gasteiger partial charge is 0.451 e. The predicted molar refractivity (Wildman–Crippen MR) is 183 cm³/mol. The smallest absolute Gasteiger partial charge is 0.287 e. The molecule has 2 N–H and O–H groups in total. The summed E-state index contributed by atoms with van der Waals surface area (Å²) in [6.07, 6.45) is 1.67. The van der Waals surface area contributed by atoms with Gasteiger partial charge in [0, 0.05) is 81.5 Å². The minimum absolute atomic E-state index is 0.174. The average Bonchev–Trinajstić information content (AvgIpc) is 3.49. The molecule has 0 saturated carbocycles. The number of carbonyl (C=O) groups excluding carboxylic acids is 4. The van der Waals surface area contributed by atoms with Crippen LogP contribution in [0.5, 0.6) is 0 Å². The van der Waals surface area contributed by atoms with E-state index in [1.807, 2.05) is 23.1 Å². The Morgan fingerprint density at radius 2 is 1.67 bits per heavy atom. The topological polar surface area (TPSA) is 132 Å². The molecule has 0 radical (unpaired) electrons. The lowest BCUT2D eigenvalue weighted by atomic mass is 10.0. The predicted octanol–water partition coefficient (Wildman–Crippen LogP) is 4.22. The Kier molecular flexibility index (Phi) is 9.77. The van der Waals surface area contributed by atoms with E-state index < -0.39 is 17.4 Å². The molecule has 48 heavy (non-hydrogen) atoms. The molecule has 0 spiro atoms. The molecule has 0 bridgehead atoms. The molecular formula is C36H36ClN5O6. The van der Waals surface area contributed by atoms with Crippen molar-refractivity contribution in [2.45, 2.75) is 38.8 Å².